The monoisotopic (exact) mass is 294 g/mol. The summed E-state index contributed by atoms with van der Waals surface area (Å²) < 4.78 is 5.04. The molecule has 0 radical (unpaired) electrons. The first-order chi connectivity index (χ1) is 9.60. The second-order valence-corrected chi connectivity index (χ2v) is 5.53. The first-order valence-corrected chi connectivity index (χ1v) is 6.35. The van der Waals surface area contributed by atoms with Crippen LogP contribution in [0.4, 0.5) is 5.69 Å². The van der Waals surface area contributed by atoms with Gasteiger partial charge in [0.05, 0.1) is 4.92 Å². The van der Waals surface area contributed by atoms with Gasteiger partial charge in [-0.25, -0.2) is 0 Å². The minimum Gasteiger partial charge on any atom is -0.459 e. The predicted octanol–water partition coefficient (Wildman–Crippen LogP) is 1.97. The maximum Gasteiger partial charge on any atom is 0.325 e. The zero-order valence-corrected chi connectivity index (χ0v) is 12.4. The maximum atomic E-state index is 11.9. The summed E-state index contributed by atoms with van der Waals surface area (Å²) in [6.07, 6.45) is 0. The molecule has 1 amide bonds. The number of aryl methyl sites for hydroxylation is 1. The highest BCUT2D eigenvalue weighted by atomic mass is 16.6. The van der Waals surface area contributed by atoms with Crippen molar-refractivity contribution in [3.05, 3.63) is 39.4 Å². The average molecular weight is 294 g/mol. The lowest BCUT2D eigenvalue weighted by atomic mass is 10.1. The molecule has 0 fully saturated rings. The van der Waals surface area contributed by atoms with Crippen molar-refractivity contribution in [3.8, 4) is 0 Å². The lowest BCUT2D eigenvalue weighted by molar-refractivity contribution is -0.385. The van der Waals surface area contributed by atoms with Crippen LogP contribution in [0.25, 0.3) is 0 Å². The molecular formula is C14H18N2O5. The van der Waals surface area contributed by atoms with E-state index in [0.717, 1.165) is 0 Å². The predicted molar refractivity (Wildman–Crippen MR) is 76.0 cm³/mol. The number of nitro benzene ring substituents is 1. The van der Waals surface area contributed by atoms with E-state index >= 15 is 0 Å². The number of esters is 1. The Balaban J connectivity index is 2.71. The lowest BCUT2D eigenvalue weighted by Gasteiger charge is -2.19. The van der Waals surface area contributed by atoms with E-state index in [9.17, 15) is 19.7 Å². The Morgan fingerprint density at radius 2 is 1.95 bits per heavy atom. The fourth-order valence-electron chi connectivity index (χ4n) is 1.58. The molecular weight excluding hydrogens is 276 g/mol. The van der Waals surface area contributed by atoms with Gasteiger partial charge < -0.3 is 10.1 Å². The average Bonchev–Trinajstić information content (AvgIpc) is 2.34. The molecule has 1 aromatic rings. The highest BCUT2D eigenvalue weighted by Crippen LogP contribution is 2.19. The molecule has 1 N–H and O–H groups in total. The highest BCUT2D eigenvalue weighted by Gasteiger charge is 2.18. The highest BCUT2D eigenvalue weighted by molar-refractivity contribution is 5.96. The first-order valence-electron chi connectivity index (χ1n) is 6.35. The van der Waals surface area contributed by atoms with E-state index in [-0.39, 0.29) is 17.8 Å². The fraction of sp³-hybridized carbons (Fsp3) is 0.429. The summed E-state index contributed by atoms with van der Waals surface area (Å²) in [6.45, 7) is 6.44. The number of nitro groups is 1. The molecule has 7 heteroatoms. The molecule has 0 aromatic heterocycles. The van der Waals surface area contributed by atoms with Crippen LogP contribution in [-0.4, -0.2) is 28.9 Å². The van der Waals surface area contributed by atoms with E-state index in [1.807, 2.05) is 0 Å². The molecule has 0 saturated heterocycles. The molecule has 0 unspecified atom stereocenters. The maximum absolute atomic E-state index is 11.9. The number of nitrogens with one attached hydrogen (secondary N) is 1. The van der Waals surface area contributed by atoms with Gasteiger partial charge in [0.25, 0.3) is 11.6 Å². The SMILES string of the molecule is Cc1ccc(C(=O)NCC(=O)OC(C)(C)C)cc1[N+](=O)[O-]. The summed E-state index contributed by atoms with van der Waals surface area (Å²) in [6, 6.07) is 4.13. The van der Waals surface area contributed by atoms with Gasteiger partial charge in [-0.15, -0.1) is 0 Å². The fourth-order valence-corrected chi connectivity index (χ4v) is 1.58. The summed E-state index contributed by atoms with van der Waals surface area (Å²) in [7, 11) is 0. The van der Waals surface area contributed by atoms with Crippen molar-refractivity contribution in [3.63, 3.8) is 0 Å². The molecule has 21 heavy (non-hydrogen) atoms. The largest absolute Gasteiger partial charge is 0.459 e. The van der Waals surface area contributed by atoms with Gasteiger partial charge in [0.2, 0.25) is 0 Å². The van der Waals surface area contributed by atoms with E-state index in [1.54, 1.807) is 27.7 Å². The van der Waals surface area contributed by atoms with Crippen LogP contribution in [-0.2, 0) is 9.53 Å². The standard InChI is InChI=1S/C14H18N2O5/c1-9-5-6-10(7-11(9)16(19)20)13(18)15-8-12(17)21-14(2,3)4/h5-7H,8H2,1-4H3,(H,15,18). The summed E-state index contributed by atoms with van der Waals surface area (Å²) in [5.74, 6) is -1.14. The number of ether oxygens (including phenoxy) is 1. The van der Waals surface area contributed by atoms with Crippen molar-refractivity contribution in [2.45, 2.75) is 33.3 Å². The summed E-state index contributed by atoms with van der Waals surface area (Å²) in [4.78, 5) is 33.6. The lowest BCUT2D eigenvalue weighted by Crippen LogP contribution is -2.34. The normalized spacial score (nSPS) is 10.9. The number of hydrogen-bond acceptors (Lipinski definition) is 5. The van der Waals surface area contributed by atoms with Crippen LogP contribution >= 0.6 is 0 Å². The van der Waals surface area contributed by atoms with Gasteiger partial charge >= 0.3 is 5.97 Å². The van der Waals surface area contributed by atoms with Crippen molar-refractivity contribution < 1.29 is 19.2 Å². The molecule has 0 saturated carbocycles. The minimum atomic E-state index is -0.634. The van der Waals surface area contributed by atoms with Crippen molar-refractivity contribution in [2.75, 3.05) is 6.54 Å². The third-order valence-corrected chi connectivity index (χ3v) is 2.48. The molecule has 0 aliphatic carbocycles. The Labute approximate surface area is 122 Å². The van der Waals surface area contributed by atoms with E-state index in [1.165, 1.54) is 18.2 Å². The van der Waals surface area contributed by atoms with Gasteiger partial charge in [-0.2, -0.15) is 0 Å². The Bertz CT molecular complexity index is 575. The van der Waals surface area contributed by atoms with E-state index < -0.39 is 22.4 Å². The Kier molecular flexibility index (Phi) is 5.02. The van der Waals surface area contributed by atoms with Crippen LogP contribution in [0.3, 0.4) is 0 Å². The summed E-state index contributed by atoms with van der Waals surface area (Å²) in [5, 5.41) is 13.2. The molecule has 0 aliphatic heterocycles. The van der Waals surface area contributed by atoms with Crippen LogP contribution < -0.4 is 5.32 Å². The van der Waals surface area contributed by atoms with Crippen molar-refractivity contribution in [2.24, 2.45) is 0 Å². The molecule has 0 spiro atoms. The smallest absolute Gasteiger partial charge is 0.325 e. The van der Waals surface area contributed by atoms with Crippen LogP contribution in [0.5, 0.6) is 0 Å². The number of benzene rings is 1. The van der Waals surface area contributed by atoms with Gasteiger partial charge in [0, 0.05) is 17.2 Å². The molecule has 7 nitrogen and oxygen atoms in total. The van der Waals surface area contributed by atoms with Gasteiger partial charge in [0.1, 0.15) is 12.1 Å². The molecule has 114 valence electrons. The van der Waals surface area contributed by atoms with Crippen molar-refractivity contribution in [1.82, 2.24) is 5.32 Å². The van der Waals surface area contributed by atoms with E-state index in [2.05, 4.69) is 5.32 Å². The number of rotatable bonds is 4. The third-order valence-electron chi connectivity index (χ3n) is 2.48. The third kappa shape index (κ3) is 5.21. The summed E-state index contributed by atoms with van der Waals surface area (Å²) in [5.41, 5.74) is -0.191. The second kappa shape index (κ2) is 6.34. The first kappa shape index (κ1) is 16.6. The Morgan fingerprint density at radius 3 is 2.48 bits per heavy atom. The van der Waals surface area contributed by atoms with Gasteiger partial charge in [-0.05, 0) is 33.8 Å². The van der Waals surface area contributed by atoms with Crippen LogP contribution in [0.15, 0.2) is 18.2 Å². The van der Waals surface area contributed by atoms with Gasteiger partial charge in [-0.3, -0.25) is 19.7 Å². The minimum absolute atomic E-state index is 0.121. The van der Waals surface area contributed by atoms with Crippen LogP contribution in [0.1, 0.15) is 36.7 Å². The molecule has 0 heterocycles. The van der Waals surface area contributed by atoms with Gasteiger partial charge in [0.15, 0.2) is 0 Å². The van der Waals surface area contributed by atoms with Crippen LogP contribution in [0.2, 0.25) is 0 Å². The van der Waals surface area contributed by atoms with Crippen molar-refractivity contribution >= 4 is 17.6 Å². The molecule has 0 bridgehead atoms. The Morgan fingerprint density at radius 1 is 1.33 bits per heavy atom. The molecule has 0 atom stereocenters. The topological polar surface area (TPSA) is 98.5 Å². The number of nitrogens with zero attached hydrogens (tertiary/aromatic N) is 1. The van der Waals surface area contributed by atoms with Crippen LogP contribution in [0, 0.1) is 17.0 Å². The quantitative estimate of drug-likeness (QED) is 0.520. The van der Waals surface area contributed by atoms with Crippen molar-refractivity contribution in [1.29, 1.82) is 0 Å². The number of carbonyl (C=O) groups is 2. The zero-order chi connectivity index (χ0) is 16.2. The zero-order valence-electron chi connectivity index (χ0n) is 12.4. The molecule has 0 aliphatic rings. The van der Waals surface area contributed by atoms with E-state index in [0.29, 0.717) is 5.56 Å². The molecule has 1 aromatic carbocycles. The Hall–Kier alpha value is -2.44. The van der Waals surface area contributed by atoms with E-state index in [4.69, 9.17) is 4.74 Å². The number of carbonyl (C=O) groups excluding carboxylic acids is 2. The second-order valence-electron chi connectivity index (χ2n) is 5.53. The number of hydrogen-bond donors (Lipinski definition) is 1. The number of amides is 1. The molecule has 1 rings (SSSR count). The summed E-state index contributed by atoms with van der Waals surface area (Å²) >= 11 is 0. The van der Waals surface area contributed by atoms with Gasteiger partial charge in [-0.1, -0.05) is 6.07 Å².